The number of fused-ring (bicyclic) bond motifs is 1. The van der Waals surface area contributed by atoms with Crippen LogP contribution in [-0.2, 0) is 14.8 Å². The molecule has 0 radical (unpaired) electrons. The van der Waals surface area contributed by atoms with Crippen LogP contribution in [0.3, 0.4) is 0 Å². The first-order valence-corrected chi connectivity index (χ1v) is 11.6. The number of nitrogens with one attached hydrogen (secondary N) is 1. The summed E-state index contributed by atoms with van der Waals surface area (Å²) in [6.45, 7) is 0.135. The summed E-state index contributed by atoms with van der Waals surface area (Å²) in [5.41, 5.74) is 0.922. The van der Waals surface area contributed by atoms with Gasteiger partial charge >= 0.3 is 0 Å². The van der Waals surface area contributed by atoms with E-state index in [1.807, 2.05) is 36.4 Å². The van der Waals surface area contributed by atoms with Crippen LogP contribution in [-0.4, -0.2) is 33.2 Å². The van der Waals surface area contributed by atoms with Gasteiger partial charge in [0.05, 0.1) is 17.6 Å². The summed E-state index contributed by atoms with van der Waals surface area (Å²) in [6.07, 6.45) is 0.481. The van der Waals surface area contributed by atoms with Crippen LogP contribution in [0.5, 0.6) is 17.2 Å². The van der Waals surface area contributed by atoms with Crippen molar-refractivity contribution in [3.05, 3.63) is 78.9 Å². The first-order chi connectivity index (χ1) is 14.9. The van der Waals surface area contributed by atoms with Crippen molar-refractivity contribution < 1.29 is 22.7 Å². The first-order valence-electron chi connectivity index (χ1n) is 9.78. The maximum absolute atomic E-state index is 13.0. The third-order valence-electron chi connectivity index (χ3n) is 4.81. The molecule has 1 N–H and O–H groups in total. The summed E-state index contributed by atoms with van der Waals surface area (Å²) in [6, 6.07) is 23.2. The molecule has 0 fully saturated rings. The van der Waals surface area contributed by atoms with Gasteiger partial charge in [0.1, 0.15) is 11.5 Å². The molecular formula is C23H22N2O5S. The number of para-hydroxylation sites is 5. The zero-order valence-electron chi connectivity index (χ0n) is 16.9. The predicted molar refractivity (Wildman–Crippen MR) is 119 cm³/mol. The normalized spacial score (nSPS) is 15.9. The number of sulfonamides is 1. The molecule has 0 saturated heterocycles. The van der Waals surface area contributed by atoms with Crippen LogP contribution in [0, 0.1) is 0 Å². The number of ether oxygens (including phenoxy) is 2. The quantitative estimate of drug-likeness (QED) is 0.650. The zero-order valence-corrected chi connectivity index (χ0v) is 17.7. The fourth-order valence-electron chi connectivity index (χ4n) is 3.35. The Morgan fingerprint density at radius 3 is 2.45 bits per heavy atom. The Bertz CT molecular complexity index is 1180. The van der Waals surface area contributed by atoms with Crippen LogP contribution in [0.25, 0.3) is 0 Å². The summed E-state index contributed by atoms with van der Waals surface area (Å²) in [5, 5.41) is 2.86. The van der Waals surface area contributed by atoms with Crippen molar-refractivity contribution in [2.75, 3.05) is 22.4 Å². The number of carbonyl (C=O) groups is 1. The number of benzene rings is 3. The highest BCUT2D eigenvalue weighted by Gasteiger charge is 2.31. The molecule has 1 amide bonds. The van der Waals surface area contributed by atoms with E-state index in [4.69, 9.17) is 9.47 Å². The van der Waals surface area contributed by atoms with E-state index in [1.165, 1.54) is 4.31 Å². The Labute approximate surface area is 181 Å². The van der Waals surface area contributed by atoms with Crippen molar-refractivity contribution >= 4 is 27.3 Å². The lowest BCUT2D eigenvalue weighted by Gasteiger charge is -2.20. The largest absolute Gasteiger partial charge is 0.478 e. The molecule has 0 aliphatic carbocycles. The average molecular weight is 439 g/mol. The van der Waals surface area contributed by atoms with E-state index in [1.54, 1.807) is 42.5 Å². The van der Waals surface area contributed by atoms with Crippen molar-refractivity contribution in [1.82, 2.24) is 0 Å². The van der Waals surface area contributed by atoms with Gasteiger partial charge < -0.3 is 14.8 Å². The lowest BCUT2D eigenvalue weighted by Crippen LogP contribution is -2.36. The number of anilines is 2. The lowest BCUT2D eigenvalue weighted by molar-refractivity contribution is -0.122. The standard InChI is InChI=1S/C23H22N2O5S/c1-31(27,28)25-16-15-22(30-21-14-8-6-12-19(21)25)23(26)24-18-11-5-7-13-20(18)29-17-9-3-2-4-10-17/h2-14,22H,15-16H2,1H3,(H,24,26)/t22-/m0/s1. The van der Waals surface area contributed by atoms with Gasteiger partial charge in [-0.3, -0.25) is 9.10 Å². The second kappa shape index (κ2) is 8.69. The van der Waals surface area contributed by atoms with Gasteiger partial charge in [-0.25, -0.2) is 8.42 Å². The Hall–Kier alpha value is -3.52. The van der Waals surface area contributed by atoms with Gasteiger partial charge in [-0.2, -0.15) is 0 Å². The molecule has 8 heteroatoms. The number of rotatable bonds is 5. The highest BCUT2D eigenvalue weighted by atomic mass is 32.2. The lowest BCUT2D eigenvalue weighted by atomic mass is 10.2. The van der Waals surface area contributed by atoms with Crippen LogP contribution >= 0.6 is 0 Å². The summed E-state index contributed by atoms with van der Waals surface area (Å²) in [7, 11) is -3.51. The summed E-state index contributed by atoms with van der Waals surface area (Å²) in [4.78, 5) is 13.0. The number of hydrogen-bond acceptors (Lipinski definition) is 5. The smallest absolute Gasteiger partial charge is 0.265 e. The fourth-order valence-corrected chi connectivity index (χ4v) is 4.29. The summed E-state index contributed by atoms with van der Waals surface area (Å²) >= 11 is 0. The molecule has 160 valence electrons. The minimum atomic E-state index is -3.51. The molecule has 7 nitrogen and oxygen atoms in total. The molecule has 1 atom stereocenters. The van der Waals surface area contributed by atoms with Crippen LogP contribution in [0.15, 0.2) is 78.9 Å². The molecule has 0 saturated carbocycles. The third kappa shape index (κ3) is 4.80. The number of amides is 1. The molecule has 1 heterocycles. The molecular weight excluding hydrogens is 416 g/mol. The van der Waals surface area contributed by atoms with Crippen LogP contribution in [0.4, 0.5) is 11.4 Å². The minimum Gasteiger partial charge on any atom is -0.478 e. The first kappa shape index (κ1) is 20.7. The Morgan fingerprint density at radius 1 is 1.00 bits per heavy atom. The molecule has 31 heavy (non-hydrogen) atoms. The van der Waals surface area contributed by atoms with Crippen LogP contribution < -0.4 is 19.1 Å². The maximum Gasteiger partial charge on any atom is 0.265 e. The molecule has 0 aromatic heterocycles. The number of hydrogen-bond donors (Lipinski definition) is 1. The Balaban J connectivity index is 1.55. The average Bonchev–Trinajstić information content (AvgIpc) is 2.96. The molecule has 4 rings (SSSR count). The SMILES string of the molecule is CS(=O)(=O)N1CC[C@@H](C(=O)Nc2ccccc2Oc2ccccc2)Oc2ccccc21. The van der Waals surface area contributed by atoms with E-state index in [2.05, 4.69) is 5.32 Å². The van der Waals surface area contributed by atoms with Crippen molar-refractivity contribution in [2.45, 2.75) is 12.5 Å². The van der Waals surface area contributed by atoms with E-state index in [9.17, 15) is 13.2 Å². The van der Waals surface area contributed by atoms with E-state index >= 15 is 0 Å². The van der Waals surface area contributed by atoms with Gasteiger partial charge in [0.15, 0.2) is 11.9 Å². The number of nitrogens with zero attached hydrogens (tertiary/aromatic N) is 1. The number of carbonyl (C=O) groups excluding carboxylic acids is 1. The van der Waals surface area contributed by atoms with Gasteiger partial charge in [0, 0.05) is 13.0 Å². The molecule has 3 aromatic rings. The van der Waals surface area contributed by atoms with E-state index in [0.29, 0.717) is 28.6 Å². The van der Waals surface area contributed by atoms with Gasteiger partial charge in [-0.1, -0.05) is 42.5 Å². The topological polar surface area (TPSA) is 84.9 Å². The third-order valence-corrected chi connectivity index (χ3v) is 5.99. The highest BCUT2D eigenvalue weighted by Crippen LogP contribution is 2.35. The van der Waals surface area contributed by atoms with Crippen molar-refractivity contribution in [3.63, 3.8) is 0 Å². The molecule has 0 bridgehead atoms. The molecule has 1 aliphatic heterocycles. The monoisotopic (exact) mass is 438 g/mol. The van der Waals surface area contributed by atoms with Crippen molar-refractivity contribution in [3.8, 4) is 17.2 Å². The summed E-state index contributed by atoms with van der Waals surface area (Å²) in [5.74, 6) is 1.11. The second-order valence-corrected chi connectivity index (χ2v) is 9.01. The Morgan fingerprint density at radius 2 is 1.68 bits per heavy atom. The van der Waals surface area contributed by atoms with Crippen LogP contribution in [0.2, 0.25) is 0 Å². The predicted octanol–water partition coefficient (Wildman–Crippen LogP) is 4.03. The molecule has 3 aromatic carbocycles. The van der Waals surface area contributed by atoms with Crippen molar-refractivity contribution in [2.24, 2.45) is 0 Å². The van der Waals surface area contributed by atoms with Crippen molar-refractivity contribution in [1.29, 1.82) is 0 Å². The van der Waals surface area contributed by atoms with Gasteiger partial charge in [0.2, 0.25) is 10.0 Å². The Kier molecular flexibility index (Phi) is 5.81. The van der Waals surface area contributed by atoms with Crippen LogP contribution in [0.1, 0.15) is 6.42 Å². The highest BCUT2D eigenvalue weighted by molar-refractivity contribution is 7.92. The van der Waals surface area contributed by atoms with Gasteiger partial charge in [-0.15, -0.1) is 0 Å². The molecule has 0 spiro atoms. The second-order valence-electron chi connectivity index (χ2n) is 7.10. The maximum atomic E-state index is 13.0. The van der Waals surface area contributed by atoms with Gasteiger partial charge in [0.25, 0.3) is 5.91 Å². The van der Waals surface area contributed by atoms with E-state index in [-0.39, 0.29) is 18.9 Å². The van der Waals surface area contributed by atoms with Gasteiger partial charge in [-0.05, 0) is 36.4 Å². The molecule has 1 aliphatic rings. The minimum absolute atomic E-state index is 0.135. The summed E-state index contributed by atoms with van der Waals surface area (Å²) < 4.78 is 37.6. The molecule has 0 unspecified atom stereocenters. The van der Waals surface area contributed by atoms with E-state index < -0.39 is 16.1 Å². The van der Waals surface area contributed by atoms with E-state index in [0.717, 1.165) is 6.26 Å². The fraction of sp³-hybridized carbons (Fsp3) is 0.174. The zero-order chi connectivity index (χ0) is 21.8.